The van der Waals surface area contributed by atoms with Gasteiger partial charge in [0.25, 0.3) is 0 Å². The molecule has 1 saturated heterocycles. The van der Waals surface area contributed by atoms with E-state index in [1.165, 1.54) is 6.07 Å². The number of hydrogen-bond acceptors (Lipinski definition) is 4. The maximum Gasteiger partial charge on any atom is 0.410 e. The number of nitrogens with one attached hydrogen (secondary N) is 2. The lowest BCUT2D eigenvalue weighted by atomic mass is 10.2. The highest BCUT2D eigenvalue weighted by atomic mass is 35.5. The van der Waals surface area contributed by atoms with Crippen LogP contribution in [0.25, 0.3) is 0 Å². The maximum absolute atomic E-state index is 13.8. The maximum atomic E-state index is 13.8. The van der Waals surface area contributed by atoms with E-state index in [0.717, 1.165) is 6.42 Å². The van der Waals surface area contributed by atoms with Crippen molar-refractivity contribution in [3.05, 3.63) is 34.6 Å². The van der Waals surface area contributed by atoms with Crippen molar-refractivity contribution >= 4 is 23.6 Å². The Kier molecular flexibility index (Phi) is 6.83. The molecule has 2 N–H and O–H groups in total. The zero-order valence-electron chi connectivity index (χ0n) is 15.3. The van der Waals surface area contributed by atoms with Crippen LogP contribution in [0.1, 0.15) is 32.8 Å². The molecule has 1 aromatic carbocycles. The number of halogens is 2. The molecule has 0 aliphatic carbocycles. The Balaban J connectivity index is 1.71. The minimum atomic E-state index is -0.530. The molecular formula is C18H25ClFN3O3. The lowest BCUT2D eigenvalue weighted by Gasteiger charge is -2.24. The average Bonchev–Trinajstić information content (AvgIpc) is 3.02. The van der Waals surface area contributed by atoms with E-state index >= 15 is 0 Å². The van der Waals surface area contributed by atoms with Crippen LogP contribution in [0.3, 0.4) is 0 Å². The zero-order valence-corrected chi connectivity index (χ0v) is 16.0. The Bertz CT molecular complexity index is 664. The van der Waals surface area contributed by atoms with Gasteiger partial charge in [0.2, 0.25) is 5.91 Å². The van der Waals surface area contributed by atoms with Gasteiger partial charge in [-0.2, -0.15) is 0 Å². The number of hydrogen-bond donors (Lipinski definition) is 2. The lowest BCUT2D eigenvalue weighted by molar-refractivity contribution is -0.120. The summed E-state index contributed by atoms with van der Waals surface area (Å²) in [6.45, 7) is 6.71. The normalized spacial score (nSPS) is 17.3. The van der Waals surface area contributed by atoms with Crippen molar-refractivity contribution in [2.45, 2.75) is 45.4 Å². The largest absolute Gasteiger partial charge is 0.444 e. The quantitative estimate of drug-likeness (QED) is 0.817. The molecule has 0 bridgehead atoms. The van der Waals surface area contributed by atoms with Gasteiger partial charge >= 0.3 is 6.09 Å². The molecule has 0 aromatic heterocycles. The van der Waals surface area contributed by atoms with E-state index in [-0.39, 0.29) is 36.2 Å². The molecule has 6 nitrogen and oxygen atoms in total. The molecule has 0 unspecified atom stereocenters. The number of carbonyl (C=O) groups is 2. The van der Waals surface area contributed by atoms with E-state index in [0.29, 0.717) is 18.7 Å². The fourth-order valence-corrected chi connectivity index (χ4v) is 2.79. The fraction of sp³-hybridized carbons (Fsp3) is 0.556. The van der Waals surface area contributed by atoms with Crippen LogP contribution in [0.2, 0.25) is 5.02 Å². The number of benzene rings is 1. The molecule has 1 fully saturated rings. The van der Waals surface area contributed by atoms with Gasteiger partial charge in [0.1, 0.15) is 11.4 Å². The standard InChI is InChI=1S/C18H25ClFN3O3/c1-18(2,3)26-17(25)23-8-7-13(11-23)21-10-15(24)22-9-12-5-4-6-14(19)16(12)20/h4-6,13,21H,7-11H2,1-3H3,(H,22,24)/t13-/m0/s1. The second-order valence-corrected chi connectivity index (χ2v) is 7.69. The first kappa shape index (κ1) is 20.5. The van der Waals surface area contributed by atoms with Crippen LogP contribution >= 0.6 is 11.6 Å². The van der Waals surface area contributed by atoms with Gasteiger partial charge in [-0.15, -0.1) is 0 Å². The smallest absolute Gasteiger partial charge is 0.410 e. The van der Waals surface area contributed by atoms with Crippen LogP contribution in [-0.4, -0.2) is 48.2 Å². The molecule has 0 spiro atoms. The zero-order chi connectivity index (χ0) is 19.3. The number of nitrogens with zero attached hydrogens (tertiary/aromatic N) is 1. The molecule has 0 saturated carbocycles. The first-order valence-electron chi connectivity index (χ1n) is 8.56. The predicted molar refractivity (Wildman–Crippen MR) is 97.5 cm³/mol. The van der Waals surface area contributed by atoms with Crippen molar-refractivity contribution in [2.75, 3.05) is 19.6 Å². The monoisotopic (exact) mass is 385 g/mol. The summed E-state index contributed by atoms with van der Waals surface area (Å²) in [7, 11) is 0. The van der Waals surface area contributed by atoms with Gasteiger partial charge in [0.05, 0.1) is 11.6 Å². The lowest BCUT2D eigenvalue weighted by Crippen LogP contribution is -2.42. The van der Waals surface area contributed by atoms with E-state index in [1.807, 2.05) is 20.8 Å². The number of amides is 2. The third-order valence-electron chi connectivity index (χ3n) is 3.90. The van der Waals surface area contributed by atoms with E-state index in [4.69, 9.17) is 16.3 Å². The molecule has 1 aliphatic heterocycles. The Morgan fingerprint density at radius 1 is 1.38 bits per heavy atom. The summed E-state index contributed by atoms with van der Waals surface area (Å²) in [6, 6.07) is 4.69. The SMILES string of the molecule is CC(C)(C)OC(=O)N1CC[C@H](NCC(=O)NCc2cccc(Cl)c2F)C1. The predicted octanol–water partition coefficient (Wildman–Crippen LogP) is 2.69. The molecule has 0 radical (unpaired) electrons. The van der Waals surface area contributed by atoms with Crippen molar-refractivity contribution in [1.82, 2.24) is 15.5 Å². The van der Waals surface area contributed by atoms with E-state index in [2.05, 4.69) is 10.6 Å². The molecular weight excluding hydrogens is 361 g/mol. The summed E-state index contributed by atoms with van der Waals surface area (Å²) in [5, 5.41) is 5.79. The second kappa shape index (κ2) is 8.68. The Morgan fingerprint density at radius 2 is 2.12 bits per heavy atom. The van der Waals surface area contributed by atoms with Crippen LogP contribution in [0.5, 0.6) is 0 Å². The van der Waals surface area contributed by atoms with Crippen molar-refractivity contribution in [3.8, 4) is 0 Å². The highest BCUT2D eigenvalue weighted by Gasteiger charge is 2.29. The molecule has 1 heterocycles. The second-order valence-electron chi connectivity index (χ2n) is 7.28. The summed E-state index contributed by atoms with van der Waals surface area (Å²) >= 11 is 5.71. The molecule has 144 valence electrons. The molecule has 1 aliphatic rings. The van der Waals surface area contributed by atoms with Gasteiger partial charge < -0.3 is 20.3 Å². The Labute approximate surface area is 158 Å². The number of carbonyl (C=O) groups excluding carboxylic acids is 2. The molecule has 1 atom stereocenters. The highest BCUT2D eigenvalue weighted by molar-refractivity contribution is 6.30. The highest BCUT2D eigenvalue weighted by Crippen LogP contribution is 2.17. The summed E-state index contributed by atoms with van der Waals surface area (Å²) in [4.78, 5) is 25.6. The number of rotatable bonds is 5. The van der Waals surface area contributed by atoms with Gasteiger partial charge in [0.15, 0.2) is 0 Å². The van der Waals surface area contributed by atoms with Crippen LogP contribution in [0, 0.1) is 5.82 Å². The molecule has 8 heteroatoms. The number of ether oxygens (including phenoxy) is 1. The first-order chi connectivity index (χ1) is 12.2. The van der Waals surface area contributed by atoms with Gasteiger partial charge in [-0.05, 0) is 33.3 Å². The summed E-state index contributed by atoms with van der Waals surface area (Å²) in [6.07, 6.45) is 0.401. The molecule has 2 rings (SSSR count). The van der Waals surface area contributed by atoms with Crippen LogP contribution in [-0.2, 0) is 16.1 Å². The molecule has 26 heavy (non-hydrogen) atoms. The third kappa shape index (κ3) is 6.14. The van der Waals surface area contributed by atoms with Gasteiger partial charge in [-0.1, -0.05) is 23.7 Å². The van der Waals surface area contributed by atoms with Crippen molar-refractivity contribution in [3.63, 3.8) is 0 Å². The Hall–Kier alpha value is -1.86. The van der Waals surface area contributed by atoms with Crippen molar-refractivity contribution in [2.24, 2.45) is 0 Å². The fourth-order valence-electron chi connectivity index (χ4n) is 2.60. The van der Waals surface area contributed by atoms with Gasteiger partial charge in [0, 0.05) is 31.2 Å². The summed E-state index contributed by atoms with van der Waals surface area (Å²) in [5.74, 6) is -0.772. The third-order valence-corrected chi connectivity index (χ3v) is 4.19. The van der Waals surface area contributed by atoms with E-state index < -0.39 is 11.4 Å². The summed E-state index contributed by atoms with van der Waals surface area (Å²) < 4.78 is 19.1. The molecule has 2 amide bonds. The summed E-state index contributed by atoms with van der Waals surface area (Å²) in [5.41, 5.74) is -0.194. The first-order valence-corrected chi connectivity index (χ1v) is 8.94. The van der Waals surface area contributed by atoms with Crippen molar-refractivity contribution in [1.29, 1.82) is 0 Å². The van der Waals surface area contributed by atoms with Crippen LogP contribution in [0.15, 0.2) is 18.2 Å². The van der Waals surface area contributed by atoms with Gasteiger partial charge in [-0.3, -0.25) is 4.79 Å². The van der Waals surface area contributed by atoms with Gasteiger partial charge in [-0.25, -0.2) is 9.18 Å². The van der Waals surface area contributed by atoms with Crippen molar-refractivity contribution < 1.29 is 18.7 Å². The van der Waals surface area contributed by atoms with Crippen LogP contribution in [0.4, 0.5) is 9.18 Å². The Morgan fingerprint density at radius 3 is 2.81 bits per heavy atom. The minimum Gasteiger partial charge on any atom is -0.444 e. The average molecular weight is 386 g/mol. The minimum absolute atomic E-state index is 0.0242. The topological polar surface area (TPSA) is 70.7 Å². The van der Waals surface area contributed by atoms with E-state index in [1.54, 1.807) is 17.0 Å². The van der Waals surface area contributed by atoms with Crippen LogP contribution < -0.4 is 10.6 Å². The van der Waals surface area contributed by atoms with E-state index in [9.17, 15) is 14.0 Å². The molecule has 1 aromatic rings. The number of likely N-dealkylation sites (tertiary alicyclic amines) is 1.